The number of para-hydroxylation sites is 1. The molecule has 1 aliphatic heterocycles. The van der Waals surface area contributed by atoms with Gasteiger partial charge in [-0.05, 0) is 29.8 Å². The first-order valence-electron chi connectivity index (χ1n) is 11.6. The van der Waals surface area contributed by atoms with Crippen LogP contribution in [0.15, 0.2) is 79.3 Å². The van der Waals surface area contributed by atoms with Gasteiger partial charge < -0.3 is 9.46 Å². The molecule has 35 heavy (non-hydrogen) atoms. The van der Waals surface area contributed by atoms with Crippen molar-refractivity contribution < 1.29 is 8.96 Å². The molecule has 0 N–H and O–H groups in total. The molecule has 5 aromatic rings. The summed E-state index contributed by atoms with van der Waals surface area (Å²) in [4.78, 5) is 11.0. The highest BCUT2D eigenvalue weighted by atomic mass is 31.2. The van der Waals surface area contributed by atoms with Crippen molar-refractivity contribution in [3.05, 3.63) is 96.3 Å². The average molecular weight is 483 g/mol. The Morgan fingerprint density at radius 3 is 2.54 bits per heavy atom. The normalized spacial score (nSPS) is 15.5. The van der Waals surface area contributed by atoms with E-state index in [9.17, 15) is 8.96 Å². The minimum absolute atomic E-state index is 0.343. The van der Waals surface area contributed by atoms with Gasteiger partial charge in [-0.25, -0.2) is 14.4 Å². The zero-order chi connectivity index (χ0) is 23.8. The summed E-state index contributed by atoms with van der Waals surface area (Å²) in [5.74, 6) is 0.438. The van der Waals surface area contributed by atoms with Crippen LogP contribution < -0.4 is 10.2 Å². The summed E-state index contributed by atoms with van der Waals surface area (Å²) >= 11 is 0. The van der Waals surface area contributed by atoms with E-state index >= 15 is 0 Å². The standard InChI is InChI=1S/C27H23FN5OP/c28-23-10-9-19(15-25-21-6-2-1-5-20(21)17-31-32-25)16-26(23)35(34)13-11-33(12-14-35)27-22-7-3-4-8-24(22)29-18-30-27/h1-10,16-18H,11-15H2. The zero-order valence-electron chi connectivity index (χ0n) is 19.0. The smallest absolute Gasteiger partial charge is 0.139 e. The topological polar surface area (TPSA) is 71.9 Å². The minimum Gasteiger partial charge on any atom is -0.355 e. The van der Waals surface area contributed by atoms with Crippen LogP contribution in [-0.2, 0) is 11.0 Å². The molecule has 0 amide bonds. The van der Waals surface area contributed by atoms with Crippen LogP contribution in [0.25, 0.3) is 21.7 Å². The summed E-state index contributed by atoms with van der Waals surface area (Å²) in [7, 11) is -2.90. The van der Waals surface area contributed by atoms with Gasteiger partial charge in [-0.15, -0.1) is 0 Å². The molecule has 0 radical (unpaired) electrons. The summed E-state index contributed by atoms with van der Waals surface area (Å²) in [5.41, 5.74) is 2.58. The van der Waals surface area contributed by atoms with Gasteiger partial charge in [0.05, 0.1) is 17.4 Å². The largest absolute Gasteiger partial charge is 0.355 e. The van der Waals surface area contributed by atoms with Crippen molar-refractivity contribution in [2.45, 2.75) is 6.42 Å². The summed E-state index contributed by atoms with van der Waals surface area (Å²) in [5, 5.41) is 11.8. The van der Waals surface area contributed by atoms with Crippen LogP contribution in [0.2, 0.25) is 0 Å². The second-order valence-corrected chi connectivity index (χ2v) is 12.0. The molecule has 0 unspecified atom stereocenters. The number of rotatable bonds is 4. The van der Waals surface area contributed by atoms with Crippen molar-refractivity contribution >= 4 is 39.9 Å². The number of halogens is 1. The number of anilines is 1. The van der Waals surface area contributed by atoms with Gasteiger partial charge in [0.2, 0.25) is 0 Å². The number of fused-ring (bicyclic) bond motifs is 2. The summed E-state index contributed by atoms with van der Waals surface area (Å²) in [6, 6.07) is 20.8. The minimum atomic E-state index is -2.90. The molecule has 0 saturated carbocycles. The zero-order valence-corrected chi connectivity index (χ0v) is 19.9. The van der Waals surface area contributed by atoms with Crippen molar-refractivity contribution in [1.29, 1.82) is 0 Å². The Labute approximate surface area is 202 Å². The van der Waals surface area contributed by atoms with Crippen LogP contribution in [-0.4, -0.2) is 45.6 Å². The molecule has 3 aromatic carbocycles. The lowest BCUT2D eigenvalue weighted by molar-refractivity contribution is 0.571. The van der Waals surface area contributed by atoms with Gasteiger partial charge in [-0.2, -0.15) is 10.2 Å². The highest BCUT2D eigenvalue weighted by Crippen LogP contribution is 2.48. The predicted molar refractivity (Wildman–Crippen MR) is 137 cm³/mol. The number of benzene rings is 3. The number of nitrogens with zero attached hydrogens (tertiary/aromatic N) is 5. The molecule has 0 aliphatic carbocycles. The highest BCUT2D eigenvalue weighted by Gasteiger charge is 2.34. The number of aromatic nitrogens is 4. The Morgan fingerprint density at radius 1 is 0.914 bits per heavy atom. The Morgan fingerprint density at radius 2 is 1.69 bits per heavy atom. The summed E-state index contributed by atoms with van der Waals surface area (Å²) in [6.45, 7) is 1.10. The molecular formula is C27H23FN5OP. The maximum atomic E-state index is 15.0. The first-order valence-corrected chi connectivity index (χ1v) is 13.7. The van der Waals surface area contributed by atoms with Crippen molar-refractivity contribution in [3.63, 3.8) is 0 Å². The molecule has 1 fully saturated rings. The van der Waals surface area contributed by atoms with E-state index in [2.05, 4.69) is 25.1 Å². The van der Waals surface area contributed by atoms with E-state index in [1.165, 1.54) is 6.07 Å². The van der Waals surface area contributed by atoms with Gasteiger partial charge >= 0.3 is 0 Å². The van der Waals surface area contributed by atoms with Crippen molar-refractivity contribution in [2.75, 3.05) is 30.3 Å². The Balaban J connectivity index is 1.27. The molecule has 1 saturated heterocycles. The molecule has 174 valence electrons. The van der Waals surface area contributed by atoms with Gasteiger partial charge in [0.15, 0.2) is 0 Å². The highest BCUT2D eigenvalue weighted by molar-refractivity contribution is 7.71. The average Bonchev–Trinajstić information content (AvgIpc) is 2.90. The fraction of sp³-hybridized carbons (Fsp3) is 0.185. The van der Waals surface area contributed by atoms with E-state index in [4.69, 9.17) is 0 Å². The predicted octanol–water partition coefficient (Wildman–Crippen LogP) is 4.81. The molecule has 3 heterocycles. The van der Waals surface area contributed by atoms with Crippen molar-refractivity contribution in [3.8, 4) is 0 Å². The maximum Gasteiger partial charge on any atom is 0.139 e. The van der Waals surface area contributed by atoms with E-state index in [0.29, 0.717) is 37.1 Å². The third kappa shape index (κ3) is 4.06. The molecule has 0 spiro atoms. The molecule has 6 nitrogen and oxygen atoms in total. The van der Waals surface area contributed by atoms with Gasteiger partial charge in [0.25, 0.3) is 0 Å². The third-order valence-corrected chi connectivity index (χ3v) is 9.82. The maximum absolute atomic E-state index is 15.0. The summed E-state index contributed by atoms with van der Waals surface area (Å²) < 4.78 is 29.0. The third-order valence-electron chi connectivity index (χ3n) is 6.75. The lowest BCUT2D eigenvalue weighted by Gasteiger charge is -2.34. The van der Waals surface area contributed by atoms with Crippen LogP contribution in [0.3, 0.4) is 0 Å². The molecule has 0 atom stereocenters. The molecule has 6 rings (SSSR count). The summed E-state index contributed by atoms with van der Waals surface area (Å²) in [6.07, 6.45) is 4.60. The van der Waals surface area contributed by atoms with Crippen LogP contribution in [0.1, 0.15) is 11.3 Å². The van der Waals surface area contributed by atoms with Gasteiger partial charge in [0, 0.05) is 53.3 Å². The Hall–Kier alpha value is -3.70. The number of hydrogen-bond acceptors (Lipinski definition) is 6. The van der Waals surface area contributed by atoms with Crippen LogP contribution in [0.5, 0.6) is 0 Å². The molecule has 0 bridgehead atoms. The van der Waals surface area contributed by atoms with Crippen LogP contribution in [0, 0.1) is 5.82 Å². The van der Waals surface area contributed by atoms with Crippen molar-refractivity contribution in [2.24, 2.45) is 0 Å². The lowest BCUT2D eigenvalue weighted by atomic mass is 10.0. The quantitative estimate of drug-likeness (QED) is 0.342. The van der Waals surface area contributed by atoms with Crippen LogP contribution in [0.4, 0.5) is 10.2 Å². The van der Waals surface area contributed by atoms with Gasteiger partial charge in [0.1, 0.15) is 25.1 Å². The lowest BCUT2D eigenvalue weighted by Crippen LogP contribution is -2.38. The second kappa shape index (κ2) is 8.82. The molecular weight excluding hydrogens is 460 g/mol. The van der Waals surface area contributed by atoms with E-state index < -0.39 is 13.0 Å². The van der Waals surface area contributed by atoms with Gasteiger partial charge in [-0.3, -0.25) is 0 Å². The van der Waals surface area contributed by atoms with Crippen LogP contribution >= 0.6 is 7.14 Å². The van der Waals surface area contributed by atoms with E-state index in [1.807, 2.05) is 48.5 Å². The first-order chi connectivity index (χ1) is 17.1. The Bertz CT molecular complexity index is 1590. The van der Waals surface area contributed by atoms with E-state index in [-0.39, 0.29) is 0 Å². The fourth-order valence-electron chi connectivity index (χ4n) is 4.87. The first kappa shape index (κ1) is 21.8. The fourth-order valence-corrected chi connectivity index (χ4v) is 7.57. The van der Waals surface area contributed by atoms with E-state index in [1.54, 1.807) is 24.7 Å². The SMILES string of the molecule is O=P1(c2cc(Cc3nncc4ccccc34)ccc2F)CCN(c2ncnc3ccccc23)CC1. The van der Waals surface area contributed by atoms with E-state index in [0.717, 1.165) is 38.8 Å². The molecule has 1 aliphatic rings. The number of hydrogen-bond donors (Lipinski definition) is 0. The second-order valence-electron chi connectivity index (χ2n) is 8.88. The van der Waals surface area contributed by atoms with Crippen molar-refractivity contribution in [1.82, 2.24) is 20.2 Å². The molecule has 2 aromatic heterocycles. The molecule has 8 heteroatoms. The Kier molecular flexibility index (Phi) is 5.50. The monoisotopic (exact) mass is 483 g/mol. The van der Waals surface area contributed by atoms with Gasteiger partial charge in [-0.1, -0.05) is 42.5 Å².